The van der Waals surface area contributed by atoms with Crippen LogP contribution in [-0.2, 0) is 17.8 Å². The Morgan fingerprint density at radius 1 is 1.28 bits per heavy atom. The maximum Gasteiger partial charge on any atom is 0.307 e. The summed E-state index contributed by atoms with van der Waals surface area (Å²) in [6, 6.07) is -2.52. The number of rotatable bonds is 5. The molecule has 1 aliphatic heterocycles. The molecule has 0 fully saturated rings. The Balaban J connectivity index is 2.42. The standard InChI is InChI=1S/C21H23NO3/c1-22(2)11-5-8-18-17-7-4-3-6-16(17)14-25-20-10-9-15(12-19(18)20)13-21(23)24/h3-4,6-10,12H,5,11,13-14H2,1-2H3,(H,23,24)/b18-8-/i3D,4D,6D,7D,9D,10D,12D. The van der Waals surface area contributed by atoms with Crippen LogP contribution in [0.5, 0.6) is 5.75 Å². The number of hydrogen-bond donors (Lipinski definition) is 1. The van der Waals surface area contributed by atoms with E-state index in [4.69, 9.17) is 14.3 Å². The molecule has 0 amide bonds. The lowest BCUT2D eigenvalue weighted by molar-refractivity contribution is -0.136. The molecule has 0 saturated carbocycles. The number of nitrogens with zero attached hydrogens (tertiary/aromatic N) is 1. The minimum absolute atomic E-state index is 0.0739. The number of carboxylic acids is 1. The first kappa shape index (κ1) is 10.4. The third kappa shape index (κ3) is 4.09. The molecule has 0 saturated heterocycles. The van der Waals surface area contributed by atoms with Gasteiger partial charge in [-0.1, -0.05) is 36.3 Å². The lowest BCUT2D eigenvalue weighted by Gasteiger charge is -2.13. The minimum Gasteiger partial charge on any atom is -0.488 e. The van der Waals surface area contributed by atoms with E-state index in [9.17, 15) is 9.90 Å². The number of ether oxygens (including phenoxy) is 1. The van der Waals surface area contributed by atoms with E-state index in [-0.39, 0.29) is 64.4 Å². The normalized spacial score (nSPS) is 18.5. The fourth-order valence-corrected chi connectivity index (χ4v) is 2.59. The number of fused-ring (bicyclic) bond motifs is 2. The number of hydrogen-bond acceptors (Lipinski definition) is 3. The Morgan fingerprint density at radius 2 is 2.08 bits per heavy atom. The summed E-state index contributed by atoms with van der Waals surface area (Å²) in [6.07, 6.45) is 1.56. The van der Waals surface area contributed by atoms with Gasteiger partial charge in [0.15, 0.2) is 0 Å². The largest absolute Gasteiger partial charge is 0.488 e. The average Bonchev–Trinajstić information content (AvgIpc) is 2.89. The first-order valence-corrected chi connectivity index (χ1v) is 7.89. The minimum atomic E-state index is -1.25. The van der Waals surface area contributed by atoms with Gasteiger partial charge < -0.3 is 14.7 Å². The fourth-order valence-electron chi connectivity index (χ4n) is 2.59. The van der Waals surface area contributed by atoms with Crippen molar-refractivity contribution in [1.82, 2.24) is 4.90 Å². The molecule has 0 spiro atoms. The monoisotopic (exact) mass is 344 g/mol. The van der Waals surface area contributed by atoms with Gasteiger partial charge in [0, 0.05) is 12.1 Å². The lowest BCUT2D eigenvalue weighted by atomic mass is 9.92. The number of aliphatic carboxylic acids is 1. The Kier molecular flexibility index (Phi) is 3.14. The molecule has 1 aliphatic rings. The van der Waals surface area contributed by atoms with Gasteiger partial charge >= 0.3 is 5.97 Å². The molecule has 0 bridgehead atoms. The fraction of sp³-hybridized carbons (Fsp3) is 0.286. The highest BCUT2D eigenvalue weighted by atomic mass is 16.5. The summed E-state index contributed by atoms with van der Waals surface area (Å²) in [5, 5.41) is 9.26. The molecule has 4 nitrogen and oxygen atoms in total. The molecule has 0 unspecified atom stereocenters. The predicted octanol–water partition coefficient (Wildman–Crippen LogP) is 3.59. The summed E-state index contributed by atoms with van der Waals surface area (Å²) in [5.74, 6) is -1.35. The molecule has 0 atom stereocenters. The first-order valence-electron chi connectivity index (χ1n) is 11.4. The van der Waals surface area contributed by atoms with E-state index < -0.39 is 30.5 Å². The van der Waals surface area contributed by atoms with Crippen LogP contribution in [0.25, 0.3) is 5.57 Å². The van der Waals surface area contributed by atoms with E-state index >= 15 is 0 Å². The summed E-state index contributed by atoms with van der Waals surface area (Å²) in [5.41, 5.74) is 0.567. The first-order chi connectivity index (χ1) is 15.0. The van der Waals surface area contributed by atoms with Gasteiger partial charge in [-0.05, 0) is 54.9 Å². The topological polar surface area (TPSA) is 49.8 Å². The second kappa shape index (κ2) is 7.53. The molecule has 130 valence electrons. The molecule has 0 radical (unpaired) electrons. The molecule has 4 heteroatoms. The third-order valence-electron chi connectivity index (χ3n) is 3.75. The van der Waals surface area contributed by atoms with Gasteiger partial charge in [0.1, 0.15) is 12.4 Å². The number of carbonyl (C=O) groups is 1. The zero-order valence-electron chi connectivity index (χ0n) is 21.1. The van der Waals surface area contributed by atoms with E-state index in [1.165, 1.54) is 0 Å². The molecule has 0 aromatic heterocycles. The van der Waals surface area contributed by atoms with Crippen molar-refractivity contribution in [3.05, 3.63) is 70.6 Å². The molecule has 2 aromatic rings. The van der Waals surface area contributed by atoms with Crippen LogP contribution in [0.15, 0.2) is 48.4 Å². The van der Waals surface area contributed by atoms with Gasteiger partial charge in [0.2, 0.25) is 0 Å². The van der Waals surface area contributed by atoms with Crippen molar-refractivity contribution in [2.24, 2.45) is 0 Å². The molecule has 2 aromatic carbocycles. The van der Waals surface area contributed by atoms with Gasteiger partial charge in [-0.2, -0.15) is 0 Å². The van der Waals surface area contributed by atoms with Crippen LogP contribution >= 0.6 is 0 Å². The van der Waals surface area contributed by atoms with Gasteiger partial charge in [-0.25, -0.2) is 0 Å². The van der Waals surface area contributed by atoms with Crippen LogP contribution in [0.4, 0.5) is 0 Å². The molecule has 1 heterocycles. The molecule has 1 N–H and O–H groups in total. The number of benzene rings is 2. The SMILES string of the molecule is [2H]c1c([2H])c([2H])c2c(c1[2H])COc1c([2H])c([2H])c(CC(=O)O)c([2H])c1/C2=C\CCN(C)C. The second-order valence-electron chi connectivity index (χ2n) is 5.98. The predicted molar refractivity (Wildman–Crippen MR) is 98.8 cm³/mol. The lowest BCUT2D eigenvalue weighted by Crippen LogP contribution is -2.12. The summed E-state index contributed by atoms with van der Waals surface area (Å²) >= 11 is 0. The maximum absolute atomic E-state index is 11.3. The van der Waals surface area contributed by atoms with Crippen LogP contribution in [0, 0.1) is 0 Å². The quantitative estimate of drug-likeness (QED) is 0.900. The highest BCUT2D eigenvalue weighted by Gasteiger charge is 2.19. The van der Waals surface area contributed by atoms with Crippen molar-refractivity contribution in [1.29, 1.82) is 0 Å². The van der Waals surface area contributed by atoms with Gasteiger partial charge in [-0.15, -0.1) is 0 Å². The van der Waals surface area contributed by atoms with Crippen molar-refractivity contribution in [3.63, 3.8) is 0 Å². The zero-order valence-corrected chi connectivity index (χ0v) is 14.1. The van der Waals surface area contributed by atoms with Gasteiger partial charge in [0.05, 0.1) is 16.0 Å². The Bertz CT molecular complexity index is 1150. The molecule has 0 aliphatic carbocycles. The van der Waals surface area contributed by atoms with E-state index in [0.717, 1.165) is 0 Å². The summed E-state index contributed by atoms with van der Waals surface area (Å²) in [7, 11) is 3.75. The van der Waals surface area contributed by atoms with E-state index in [2.05, 4.69) is 0 Å². The molecular formula is C21H23NO3. The zero-order chi connectivity index (χ0) is 23.9. The maximum atomic E-state index is 11.3. The number of carboxylic acid groups (broad SMARTS) is 1. The third-order valence-corrected chi connectivity index (χ3v) is 3.75. The summed E-state index contributed by atoms with van der Waals surface area (Å²) in [6.45, 7) is 0.340. The van der Waals surface area contributed by atoms with Crippen LogP contribution in [0.1, 0.15) is 38.3 Å². The second-order valence-corrected chi connectivity index (χ2v) is 5.98. The summed E-state index contributed by atoms with van der Waals surface area (Å²) < 4.78 is 63.9. The van der Waals surface area contributed by atoms with Crippen molar-refractivity contribution in [3.8, 4) is 5.75 Å². The van der Waals surface area contributed by atoms with E-state index in [1.54, 1.807) is 6.08 Å². The van der Waals surface area contributed by atoms with Crippen molar-refractivity contribution >= 4 is 11.5 Å². The highest BCUT2D eigenvalue weighted by Crippen LogP contribution is 2.37. The van der Waals surface area contributed by atoms with Crippen LogP contribution in [0.2, 0.25) is 0 Å². The van der Waals surface area contributed by atoms with Crippen LogP contribution < -0.4 is 4.74 Å². The van der Waals surface area contributed by atoms with E-state index in [1.807, 2.05) is 19.0 Å². The molecule has 25 heavy (non-hydrogen) atoms. The average molecular weight is 344 g/mol. The van der Waals surface area contributed by atoms with Crippen LogP contribution in [-0.4, -0.2) is 36.6 Å². The highest BCUT2D eigenvalue weighted by molar-refractivity contribution is 5.85. The van der Waals surface area contributed by atoms with E-state index in [0.29, 0.717) is 13.0 Å². The Hall–Kier alpha value is -2.59. The molecular weight excluding hydrogens is 314 g/mol. The smallest absolute Gasteiger partial charge is 0.307 e. The molecule has 3 rings (SSSR count). The van der Waals surface area contributed by atoms with Gasteiger partial charge in [0.25, 0.3) is 0 Å². The van der Waals surface area contributed by atoms with Crippen molar-refractivity contribution < 1.29 is 24.2 Å². The van der Waals surface area contributed by atoms with Crippen molar-refractivity contribution in [2.45, 2.75) is 19.4 Å². The van der Waals surface area contributed by atoms with Crippen LogP contribution in [0.3, 0.4) is 0 Å². The Morgan fingerprint density at radius 3 is 2.84 bits per heavy atom. The van der Waals surface area contributed by atoms with Crippen molar-refractivity contribution in [2.75, 3.05) is 20.6 Å². The summed E-state index contributed by atoms with van der Waals surface area (Å²) in [4.78, 5) is 13.3. The Labute approximate surface area is 158 Å². The van der Waals surface area contributed by atoms with Gasteiger partial charge in [-0.3, -0.25) is 4.79 Å².